The third kappa shape index (κ3) is 2.97. The van der Waals surface area contributed by atoms with Crippen LogP contribution in [0.15, 0.2) is 25.3 Å². The van der Waals surface area contributed by atoms with Gasteiger partial charge < -0.3 is 4.57 Å². The van der Waals surface area contributed by atoms with Crippen molar-refractivity contribution < 1.29 is 0 Å². The Labute approximate surface area is 130 Å². The topological polar surface area (TPSA) is 4.93 Å². The summed E-state index contributed by atoms with van der Waals surface area (Å²) in [5.74, 6) is 0. The molecule has 1 rings (SSSR count). The number of hydrogen-bond donors (Lipinski definition) is 0. The maximum Gasteiger partial charge on any atom is 0.0493 e. The van der Waals surface area contributed by atoms with Gasteiger partial charge in [0.25, 0.3) is 0 Å². The Hall–Kier alpha value is -1.76. The Morgan fingerprint density at radius 1 is 0.905 bits per heavy atom. The second-order valence-electron chi connectivity index (χ2n) is 5.55. The summed E-state index contributed by atoms with van der Waals surface area (Å²) in [6.07, 6.45) is 14.6. The molecule has 0 spiro atoms. The van der Waals surface area contributed by atoms with Gasteiger partial charge in [-0.25, -0.2) is 0 Å². The van der Waals surface area contributed by atoms with E-state index < -0.39 is 0 Å². The normalized spacial score (nSPS) is 12.4. The van der Waals surface area contributed by atoms with Crippen LogP contribution in [0.25, 0.3) is 24.3 Å². The smallest absolute Gasteiger partial charge is 0.0493 e. The summed E-state index contributed by atoms with van der Waals surface area (Å²) >= 11 is 0. The lowest BCUT2D eigenvalue weighted by Crippen LogP contribution is -2.30. The molecule has 0 radical (unpaired) electrons. The lowest BCUT2D eigenvalue weighted by atomic mass is 9.94. The number of aromatic nitrogens is 1. The van der Waals surface area contributed by atoms with Crippen molar-refractivity contribution in [3.05, 3.63) is 47.8 Å². The summed E-state index contributed by atoms with van der Waals surface area (Å²) in [5.41, 5.74) is 4.87. The van der Waals surface area contributed by atoms with Crippen molar-refractivity contribution in [2.45, 2.75) is 53.0 Å². The molecule has 0 fully saturated rings. The fourth-order valence-corrected chi connectivity index (χ4v) is 2.87. The molecule has 0 atom stereocenters. The van der Waals surface area contributed by atoms with E-state index in [1.165, 1.54) is 22.5 Å². The zero-order valence-corrected chi connectivity index (χ0v) is 14.2. The van der Waals surface area contributed by atoms with Crippen LogP contribution >= 0.6 is 0 Å². The Balaban J connectivity index is 3.92. The summed E-state index contributed by atoms with van der Waals surface area (Å²) in [6.45, 7) is 19.0. The average Bonchev–Trinajstić information content (AvgIpc) is 2.80. The predicted octanol–water partition coefficient (Wildman–Crippen LogP) is 6.38. The minimum Gasteiger partial charge on any atom is -0.335 e. The molecule has 1 heterocycles. The molecule has 0 saturated heterocycles. The van der Waals surface area contributed by atoms with Crippen LogP contribution in [0, 0.1) is 0 Å². The van der Waals surface area contributed by atoms with Gasteiger partial charge in [0.1, 0.15) is 0 Å². The average molecular weight is 283 g/mol. The number of rotatable bonds is 7. The molecule has 1 aromatic heterocycles. The van der Waals surface area contributed by atoms with Gasteiger partial charge in [-0.1, -0.05) is 51.3 Å². The minimum absolute atomic E-state index is 0.0860. The Kier molecular flexibility index (Phi) is 6.02. The largest absolute Gasteiger partial charge is 0.335 e. The van der Waals surface area contributed by atoms with E-state index >= 15 is 0 Å². The molecule has 0 aliphatic rings. The molecule has 1 nitrogen and oxygen atoms in total. The third-order valence-electron chi connectivity index (χ3n) is 4.44. The van der Waals surface area contributed by atoms with Crippen LogP contribution in [0.4, 0.5) is 0 Å². The van der Waals surface area contributed by atoms with E-state index in [1.54, 1.807) is 0 Å². The highest BCUT2D eigenvalue weighted by molar-refractivity contribution is 5.79. The van der Waals surface area contributed by atoms with Gasteiger partial charge in [0.15, 0.2) is 0 Å². The highest BCUT2D eigenvalue weighted by atomic mass is 15.1. The van der Waals surface area contributed by atoms with Crippen LogP contribution in [-0.4, -0.2) is 4.57 Å². The van der Waals surface area contributed by atoms with E-state index in [4.69, 9.17) is 0 Å². The summed E-state index contributed by atoms with van der Waals surface area (Å²) < 4.78 is 2.46. The van der Waals surface area contributed by atoms with Crippen molar-refractivity contribution in [2.75, 3.05) is 0 Å². The second-order valence-corrected chi connectivity index (χ2v) is 5.55. The van der Waals surface area contributed by atoms with E-state index in [9.17, 15) is 0 Å². The molecule has 0 saturated carbocycles. The molecule has 0 N–H and O–H groups in total. The highest BCUT2D eigenvalue weighted by Crippen LogP contribution is 2.36. The quantitative estimate of drug-likeness (QED) is 0.547. The lowest BCUT2D eigenvalue weighted by Gasteiger charge is -2.33. The molecule has 0 aliphatic carbocycles. The van der Waals surface area contributed by atoms with Crippen LogP contribution in [0.3, 0.4) is 0 Å². The molecule has 1 heteroatoms. The molecule has 0 amide bonds. The molecular formula is C20H29N. The first-order valence-corrected chi connectivity index (χ1v) is 7.83. The van der Waals surface area contributed by atoms with Crippen LogP contribution < -0.4 is 0 Å². The van der Waals surface area contributed by atoms with Crippen molar-refractivity contribution in [2.24, 2.45) is 0 Å². The predicted molar refractivity (Wildman–Crippen MR) is 98.3 cm³/mol. The van der Waals surface area contributed by atoms with E-state index in [-0.39, 0.29) is 5.54 Å². The lowest BCUT2D eigenvalue weighted by molar-refractivity contribution is 0.292. The summed E-state index contributed by atoms with van der Waals surface area (Å²) in [5, 5.41) is 0. The molecule has 0 aromatic carbocycles. The Morgan fingerprint density at radius 3 is 1.52 bits per heavy atom. The molecule has 0 bridgehead atoms. The van der Waals surface area contributed by atoms with E-state index in [2.05, 4.69) is 76.6 Å². The highest BCUT2D eigenvalue weighted by Gasteiger charge is 2.29. The molecule has 1 aromatic rings. The van der Waals surface area contributed by atoms with Gasteiger partial charge >= 0.3 is 0 Å². The van der Waals surface area contributed by atoms with Crippen molar-refractivity contribution >= 4 is 24.3 Å². The summed E-state index contributed by atoms with van der Waals surface area (Å²) in [4.78, 5) is 0. The number of nitrogens with zero attached hydrogens (tertiary/aromatic N) is 1. The zero-order chi connectivity index (χ0) is 16.0. The van der Waals surface area contributed by atoms with Crippen LogP contribution in [0.2, 0.25) is 0 Å². The fraction of sp³-hybridized carbons (Fsp3) is 0.400. The van der Waals surface area contributed by atoms with Crippen LogP contribution in [-0.2, 0) is 5.54 Å². The zero-order valence-electron chi connectivity index (χ0n) is 14.2. The summed E-state index contributed by atoms with van der Waals surface area (Å²) in [7, 11) is 0. The minimum atomic E-state index is 0.0860. The number of allylic oxidation sites excluding steroid dienone is 2. The molecular weight excluding hydrogens is 254 g/mol. The maximum atomic E-state index is 4.01. The van der Waals surface area contributed by atoms with Crippen molar-refractivity contribution in [1.82, 2.24) is 4.57 Å². The van der Waals surface area contributed by atoms with Gasteiger partial charge in [0.2, 0.25) is 0 Å². The standard InChI is InChI=1S/C20H29N/c1-8-14-18-16(10-3)17(11-4)19(15-9-2)21(18)20(7,12-5)13-6/h8-11,14-15H,3-4,12-13H2,1-2,5-7H3/b14-8-,15-9-. The van der Waals surface area contributed by atoms with Gasteiger partial charge in [-0.05, 0) is 45.8 Å². The van der Waals surface area contributed by atoms with E-state index in [1.807, 2.05) is 12.2 Å². The van der Waals surface area contributed by atoms with E-state index in [0.717, 1.165) is 12.8 Å². The van der Waals surface area contributed by atoms with Gasteiger partial charge in [-0.2, -0.15) is 0 Å². The van der Waals surface area contributed by atoms with Crippen LogP contribution in [0.5, 0.6) is 0 Å². The van der Waals surface area contributed by atoms with Gasteiger partial charge in [-0.3, -0.25) is 0 Å². The SMILES string of the molecule is C=Cc1c(C=C)c(/C=C\C)n(C(C)(CC)CC)c1/C=C\C. The maximum absolute atomic E-state index is 4.01. The van der Waals surface area contributed by atoms with Crippen molar-refractivity contribution in [1.29, 1.82) is 0 Å². The first-order chi connectivity index (χ1) is 10.0. The Morgan fingerprint density at radius 2 is 1.29 bits per heavy atom. The first kappa shape index (κ1) is 17.3. The van der Waals surface area contributed by atoms with Gasteiger partial charge in [0.05, 0.1) is 0 Å². The van der Waals surface area contributed by atoms with Crippen molar-refractivity contribution in [3.8, 4) is 0 Å². The fourth-order valence-electron chi connectivity index (χ4n) is 2.87. The first-order valence-electron chi connectivity index (χ1n) is 7.83. The molecule has 114 valence electrons. The van der Waals surface area contributed by atoms with Gasteiger partial charge in [0, 0.05) is 28.1 Å². The molecule has 0 aliphatic heterocycles. The number of hydrogen-bond acceptors (Lipinski definition) is 0. The van der Waals surface area contributed by atoms with E-state index in [0.29, 0.717) is 0 Å². The van der Waals surface area contributed by atoms with Crippen molar-refractivity contribution in [3.63, 3.8) is 0 Å². The molecule has 21 heavy (non-hydrogen) atoms. The Bertz CT molecular complexity index is 522. The third-order valence-corrected chi connectivity index (χ3v) is 4.44. The second kappa shape index (κ2) is 7.31. The summed E-state index contributed by atoms with van der Waals surface area (Å²) in [6, 6.07) is 0. The van der Waals surface area contributed by atoms with Crippen LogP contribution in [0.1, 0.15) is 70.0 Å². The van der Waals surface area contributed by atoms with Gasteiger partial charge in [-0.15, -0.1) is 0 Å². The molecule has 0 unspecified atom stereocenters. The monoisotopic (exact) mass is 283 g/mol.